The highest BCUT2D eigenvalue weighted by Crippen LogP contribution is 2.29. The number of aromatic nitrogens is 6. The molecule has 2 heterocycles. The van der Waals surface area contributed by atoms with Crippen LogP contribution in [-0.2, 0) is 19.5 Å². The molecule has 32 heavy (non-hydrogen) atoms. The number of imidazole rings is 1. The molecule has 162 valence electrons. The molecule has 0 atom stereocenters. The second-order valence-electron chi connectivity index (χ2n) is 8.12. The number of aromatic amines is 1. The van der Waals surface area contributed by atoms with Crippen LogP contribution in [0.4, 0.5) is 0 Å². The number of rotatable bonds is 7. The first-order valence-corrected chi connectivity index (χ1v) is 10.7. The molecule has 0 unspecified atom stereocenters. The third kappa shape index (κ3) is 4.54. The van der Waals surface area contributed by atoms with Crippen LogP contribution in [0.15, 0.2) is 59.5 Å². The minimum Gasteiger partial charge on any atom is -0.299 e. The third-order valence-electron chi connectivity index (χ3n) is 5.26. The Morgan fingerprint density at radius 1 is 1.06 bits per heavy atom. The first-order valence-electron chi connectivity index (χ1n) is 10.7. The van der Waals surface area contributed by atoms with Crippen molar-refractivity contribution in [3.63, 3.8) is 0 Å². The van der Waals surface area contributed by atoms with Gasteiger partial charge in [-0.05, 0) is 34.7 Å². The van der Waals surface area contributed by atoms with Gasteiger partial charge in [-0.15, -0.1) is 16.1 Å². The number of tetrazole rings is 1. The molecule has 2 aromatic carbocycles. The van der Waals surface area contributed by atoms with Crippen LogP contribution >= 0.6 is 0 Å². The van der Waals surface area contributed by atoms with E-state index in [1.165, 1.54) is 0 Å². The maximum Gasteiger partial charge on any atom is 0.328 e. The average Bonchev–Trinajstić information content (AvgIpc) is 3.43. The number of hydrogen-bond acceptors (Lipinski definition) is 4. The van der Waals surface area contributed by atoms with E-state index in [9.17, 15) is 4.79 Å². The standard InChI is InChI=1S/C25H26N6O/c1-4-5-8-21-17-30(15-18(2)3)25(32)31(21)16-19-11-13-20(14-12-19)22-9-6-7-10-23(22)24-26-28-29-27-24/h6-7,9-14,17-18H,8,15-16H2,1-3H3,(H,26,27,28,29). The molecule has 0 saturated carbocycles. The Morgan fingerprint density at radius 2 is 1.81 bits per heavy atom. The van der Waals surface area contributed by atoms with E-state index in [-0.39, 0.29) is 5.69 Å². The van der Waals surface area contributed by atoms with Crippen molar-refractivity contribution in [2.45, 2.75) is 40.3 Å². The zero-order valence-electron chi connectivity index (χ0n) is 18.5. The Labute approximate surface area is 187 Å². The average molecular weight is 427 g/mol. The minimum atomic E-state index is 0.0122. The van der Waals surface area contributed by atoms with Gasteiger partial charge in [-0.3, -0.25) is 9.13 Å². The van der Waals surface area contributed by atoms with Crippen LogP contribution < -0.4 is 5.69 Å². The smallest absolute Gasteiger partial charge is 0.299 e. The first-order chi connectivity index (χ1) is 15.6. The maximum absolute atomic E-state index is 13.0. The number of H-pyrrole nitrogens is 1. The third-order valence-corrected chi connectivity index (χ3v) is 5.26. The molecule has 0 bridgehead atoms. The summed E-state index contributed by atoms with van der Waals surface area (Å²) in [7, 11) is 0. The second-order valence-corrected chi connectivity index (χ2v) is 8.12. The van der Waals surface area contributed by atoms with Crippen molar-refractivity contribution in [1.82, 2.24) is 29.8 Å². The number of benzene rings is 2. The Hall–Kier alpha value is -3.92. The lowest BCUT2D eigenvalue weighted by molar-refractivity contribution is 0.503. The lowest BCUT2D eigenvalue weighted by Gasteiger charge is -2.09. The molecule has 0 fully saturated rings. The van der Waals surface area contributed by atoms with Crippen molar-refractivity contribution in [3.05, 3.63) is 76.5 Å². The van der Waals surface area contributed by atoms with Gasteiger partial charge in [0.25, 0.3) is 0 Å². The fourth-order valence-corrected chi connectivity index (χ4v) is 3.77. The Bertz CT molecular complexity index is 1300. The van der Waals surface area contributed by atoms with Crippen molar-refractivity contribution in [2.24, 2.45) is 5.92 Å². The van der Waals surface area contributed by atoms with Gasteiger partial charge >= 0.3 is 5.69 Å². The molecule has 0 spiro atoms. The van der Waals surface area contributed by atoms with E-state index in [2.05, 4.69) is 70.6 Å². The summed E-state index contributed by atoms with van der Waals surface area (Å²) < 4.78 is 3.63. The molecule has 0 amide bonds. The summed E-state index contributed by atoms with van der Waals surface area (Å²) in [5, 5.41) is 14.4. The van der Waals surface area contributed by atoms with Gasteiger partial charge in [0, 0.05) is 18.3 Å². The van der Waals surface area contributed by atoms with Crippen molar-refractivity contribution >= 4 is 0 Å². The Balaban J connectivity index is 1.63. The van der Waals surface area contributed by atoms with Crippen molar-refractivity contribution in [1.29, 1.82) is 0 Å². The molecule has 0 aliphatic carbocycles. The Morgan fingerprint density at radius 3 is 2.47 bits per heavy atom. The van der Waals surface area contributed by atoms with Gasteiger partial charge < -0.3 is 0 Å². The zero-order valence-corrected chi connectivity index (χ0v) is 18.5. The molecule has 4 rings (SSSR count). The van der Waals surface area contributed by atoms with E-state index >= 15 is 0 Å². The lowest BCUT2D eigenvalue weighted by Crippen LogP contribution is -2.26. The van der Waals surface area contributed by atoms with Crippen LogP contribution in [0.3, 0.4) is 0 Å². The number of hydrogen-bond donors (Lipinski definition) is 1. The molecular weight excluding hydrogens is 400 g/mol. The van der Waals surface area contributed by atoms with E-state index in [4.69, 9.17) is 0 Å². The molecule has 0 saturated heterocycles. The molecular formula is C25H26N6O. The molecule has 0 aliphatic rings. The van der Waals surface area contributed by atoms with Gasteiger partial charge in [-0.1, -0.05) is 68.3 Å². The maximum atomic E-state index is 13.0. The lowest BCUT2D eigenvalue weighted by atomic mass is 9.98. The molecule has 4 aromatic rings. The van der Waals surface area contributed by atoms with Crippen LogP contribution in [-0.4, -0.2) is 29.8 Å². The minimum absolute atomic E-state index is 0.0122. The van der Waals surface area contributed by atoms with Crippen molar-refractivity contribution in [3.8, 4) is 34.4 Å². The summed E-state index contributed by atoms with van der Waals surface area (Å²) in [4.78, 5) is 13.0. The fraction of sp³-hybridized carbons (Fsp3) is 0.280. The summed E-state index contributed by atoms with van der Waals surface area (Å²) in [6.07, 6.45) is 2.51. The molecule has 7 heteroatoms. The summed E-state index contributed by atoms with van der Waals surface area (Å²) in [5.74, 6) is 6.98. The quantitative estimate of drug-likeness (QED) is 0.456. The monoisotopic (exact) mass is 426 g/mol. The first kappa shape index (κ1) is 21.3. The second kappa shape index (κ2) is 9.48. The van der Waals surface area contributed by atoms with Crippen LogP contribution in [0.25, 0.3) is 22.5 Å². The van der Waals surface area contributed by atoms with Gasteiger partial charge in [-0.25, -0.2) is 4.79 Å². The van der Waals surface area contributed by atoms with Gasteiger partial charge in [-0.2, -0.15) is 5.21 Å². The number of nitrogens with zero attached hydrogens (tertiary/aromatic N) is 5. The predicted octanol–water partition coefficient (Wildman–Crippen LogP) is 3.77. The topological polar surface area (TPSA) is 81.4 Å². The largest absolute Gasteiger partial charge is 0.328 e. The molecule has 0 aliphatic heterocycles. The van der Waals surface area contributed by atoms with E-state index in [1.807, 2.05) is 42.0 Å². The number of nitrogens with one attached hydrogen (secondary N) is 1. The molecule has 7 nitrogen and oxygen atoms in total. The van der Waals surface area contributed by atoms with Crippen molar-refractivity contribution in [2.75, 3.05) is 0 Å². The van der Waals surface area contributed by atoms with E-state index in [0.717, 1.165) is 27.9 Å². The van der Waals surface area contributed by atoms with Crippen LogP contribution in [0.5, 0.6) is 0 Å². The van der Waals surface area contributed by atoms with Crippen LogP contribution in [0, 0.1) is 17.8 Å². The highest BCUT2D eigenvalue weighted by molar-refractivity contribution is 5.80. The molecule has 1 N–H and O–H groups in total. The summed E-state index contributed by atoms with van der Waals surface area (Å²) in [5.41, 5.74) is 5.00. The summed E-state index contributed by atoms with van der Waals surface area (Å²) >= 11 is 0. The van der Waals surface area contributed by atoms with Crippen LogP contribution in [0.2, 0.25) is 0 Å². The van der Waals surface area contributed by atoms with Gasteiger partial charge in [0.1, 0.15) is 0 Å². The normalized spacial score (nSPS) is 10.9. The molecule has 0 radical (unpaired) electrons. The van der Waals surface area contributed by atoms with E-state index < -0.39 is 0 Å². The van der Waals surface area contributed by atoms with Gasteiger partial charge in [0.05, 0.1) is 18.7 Å². The summed E-state index contributed by atoms with van der Waals surface area (Å²) in [6.45, 7) is 7.25. The van der Waals surface area contributed by atoms with E-state index in [0.29, 0.717) is 31.3 Å². The highest BCUT2D eigenvalue weighted by atomic mass is 16.1. The van der Waals surface area contributed by atoms with Gasteiger partial charge in [0.2, 0.25) is 5.82 Å². The molecule has 2 aromatic heterocycles. The SMILES string of the molecule is CC#CCc1cn(CC(C)C)c(=O)n1Cc1ccc(-c2ccccc2-c2nn[nH]n2)cc1. The zero-order chi connectivity index (χ0) is 22.5. The van der Waals surface area contributed by atoms with Crippen LogP contribution in [0.1, 0.15) is 32.0 Å². The Kier molecular flexibility index (Phi) is 6.31. The fourth-order valence-electron chi connectivity index (χ4n) is 3.77. The highest BCUT2D eigenvalue weighted by Gasteiger charge is 2.13. The van der Waals surface area contributed by atoms with E-state index in [1.54, 1.807) is 4.57 Å². The summed E-state index contributed by atoms with van der Waals surface area (Å²) in [6, 6.07) is 16.2. The predicted molar refractivity (Wildman–Crippen MR) is 125 cm³/mol. The van der Waals surface area contributed by atoms with Crippen molar-refractivity contribution < 1.29 is 0 Å². The van der Waals surface area contributed by atoms with Gasteiger partial charge in [0.15, 0.2) is 0 Å².